The maximum Gasteiger partial charge on any atom is 0.330 e. The maximum atomic E-state index is 11.5. The molecule has 1 aromatic carbocycles. The number of fused-ring (bicyclic) bond motifs is 1. The van der Waals surface area contributed by atoms with E-state index in [9.17, 15) is 4.79 Å². The van der Waals surface area contributed by atoms with Gasteiger partial charge in [0.15, 0.2) is 0 Å². The average Bonchev–Trinajstić information content (AvgIpc) is 2.46. The van der Waals surface area contributed by atoms with Gasteiger partial charge in [-0.1, -0.05) is 0 Å². The van der Waals surface area contributed by atoms with Crippen LogP contribution in [0.15, 0.2) is 18.2 Å². The van der Waals surface area contributed by atoms with Gasteiger partial charge >= 0.3 is 5.97 Å². The fraction of sp³-hybridized carbons (Fsp3) is 0.400. The standard InChI is InChI=1S/C15H18O4/c1-17-12-7-8-13(18-2)15-10(9-14(16)19-3)5-4-6-11(12)15/h7-9H,4-6H2,1-3H3/b10-9-. The van der Waals surface area contributed by atoms with Gasteiger partial charge in [0, 0.05) is 17.2 Å². The first-order chi connectivity index (χ1) is 9.21. The van der Waals surface area contributed by atoms with Crippen LogP contribution in [0.5, 0.6) is 11.5 Å². The minimum Gasteiger partial charge on any atom is -0.496 e. The summed E-state index contributed by atoms with van der Waals surface area (Å²) in [4.78, 5) is 11.5. The van der Waals surface area contributed by atoms with Crippen molar-refractivity contribution in [3.8, 4) is 11.5 Å². The van der Waals surface area contributed by atoms with E-state index >= 15 is 0 Å². The molecule has 1 aliphatic rings. The lowest BCUT2D eigenvalue weighted by atomic mass is 9.86. The van der Waals surface area contributed by atoms with Crippen LogP contribution in [-0.2, 0) is 16.0 Å². The first-order valence-corrected chi connectivity index (χ1v) is 6.24. The summed E-state index contributed by atoms with van der Waals surface area (Å²) in [5.41, 5.74) is 3.02. The molecule has 0 unspecified atom stereocenters. The Kier molecular flexibility index (Phi) is 4.10. The minimum absolute atomic E-state index is 0.340. The van der Waals surface area contributed by atoms with Crippen LogP contribution in [0.3, 0.4) is 0 Å². The molecule has 0 amide bonds. The number of carbonyl (C=O) groups is 1. The maximum absolute atomic E-state index is 11.5. The number of hydrogen-bond donors (Lipinski definition) is 0. The van der Waals surface area contributed by atoms with Crippen molar-refractivity contribution in [2.24, 2.45) is 0 Å². The van der Waals surface area contributed by atoms with Crippen LogP contribution in [0.2, 0.25) is 0 Å². The van der Waals surface area contributed by atoms with Crippen LogP contribution < -0.4 is 9.47 Å². The van der Waals surface area contributed by atoms with Crippen LogP contribution in [-0.4, -0.2) is 27.3 Å². The summed E-state index contributed by atoms with van der Waals surface area (Å²) in [6, 6.07) is 3.77. The van der Waals surface area contributed by atoms with E-state index in [1.807, 2.05) is 12.1 Å². The van der Waals surface area contributed by atoms with E-state index in [-0.39, 0.29) is 5.97 Å². The molecule has 0 aliphatic heterocycles. The summed E-state index contributed by atoms with van der Waals surface area (Å²) in [5, 5.41) is 0. The van der Waals surface area contributed by atoms with E-state index in [0.717, 1.165) is 47.5 Å². The Balaban J connectivity index is 2.58. The minimum atomic E-state index is -0.340. The molecular formula is C15H18O4. The molecule has 0 heterocycles. The topological polar surface area (TPSA) is 44.8 Å². The molecule has 0 atom stereocenters. The van der Waals surface area contributed by atoms with E-state index in [2.05, 4.69) is 0 Å². The second-order valence-electron chi connectivity index (χ2n) is 4.37. The molecule has 0 radical (unpaired) electrons. The largest absolute Gasteiger partial charge is 0.496 e. The molecule has 0 saturated heterocycles. The Morgan fingerprint density at radius 1 is 1.11 bits per heavy atom. The van der Waals surface area contributed by atoms with Crippen molar-refractivity contribution < 1.29 is 19.0 Å². The van der Waals surface area contributed by atoms with Gasteiger partial charge in [0.05, 0.1) is 21.3 Å². The predicted octanol–water partition coefficient (Wildman–Crippen LogP) is 2.60. The van der Waals surface area contributed by atoms with Gasteiger partial charge in [0.2, 0.25) is 0 Å². The van der Waals surface area contributed by atoms with Gasteiger partial charge < -0.3 is 14.2 Å². The summed E-state index contributed by atoms with van der Waals surface area (Å²) < 4.78 is 15.5. The van der Waals surface area contributed by atoms with E-state index in [1.54, 1.807) is 20.3 Å². The first-order valence-electron chi connectivity index (χ1n) is 6.24. The van der Waals surface area contributed by atoms with Gasteiger partial charge in [0.1, 0.15) is 11.5 Å². The van der Waals surface area contributed by atoms with Crippen molar-refractivity contribution in [1.29, 1.82) is 0 Å². The lowest BCUT2D eigenvalue weighted by molar-refractivity contribution is -0.134. The Labute approximate surface area is 113 Å². The number of carbonyl (C=O) groups excluding carboxylic acids is 1. The average molecular weight is 262 g/mol. The van der Waals surface area contributed by atoms with Gasteiger partial charge in [0.25, 0.3) is 0 Å². The number of rotatable bonds is 3. The van der Waals surface area contributed by atoms with Gasteiger partial charge in [-0.15, -0.1) is 0 Å². The molecule has 0 saturated carbocycles. The van der Waals surface area contributed by atoms with Gasteiger partial charge in [-0.25, -0.2) is 4.79 Å². The highest BCUT2D eigenvalue weighted by atomic mass is 16.5. The summed E-state index contributed by atoms with van der Waals surface area (Å²) >= 11 is 0. The van der Waals surface area contributed by atoms with Crippen molar-refractivity contribution in [2.75, 3.05) is 21.3 Å². The van der Waals surface area contributed by atoms with Crippen molar-refractivity contribution in [2.45, 2.75) is 19.3 Å². The Morgan fingerprint density at radius 2 is 1.79 bits per heavy atom. The molecular weight excluding hydrogens is 244 g/mol. The number of allylic oxidation sites excluding steroid dienone is 1. The highest BCUT2D eigenvalue weighted by Gasteiger charge is 2.22. The van der Waals surface area contributed by atoms with E-state index in [4.69, 9.17) is 14.2 Å². The zero-order chi connectivity index (χ0) is 13.8. The molecule has 0 N–H and O–H groups in total. The zero-order valence-electron chi connectivity index (χ0n) is 11.5. The van der Waals surface area contributed by atoms with Crippen molar-refractivity contribution >= 4 is 11.5 Å². The normalized spacial score (nSPS) is 15.8. The van der Waals surface area contributed by atoms with Crippen LogP contribution in [0.4, 0.5) is 0 Å². The fourth-order valence-electron chi connectivity index (χ4n) is 2.49. The molecule has 102 valence electrons. The lowest BCUT2D eigenvalue weighted by Crippen LogP contribution is -2.08. The van der Waals surface area contributed by atoms with Crippen LogP contribution in [0.25, 0.3) is 5.57 Å². The second-order valence-corrected chi connectivity index (χ2v) is 4.37. The first kappa shape index (κ1) is 13.5. The van der Waals surface area contributed by atoms with E-state index in [0.29, 0.717) is 0 Å². The number of hydrogen-bond acceptors (Lipinski definition) is 4. The lowest BCUT2D eigenvalue weighted by Gasteiger charge is -2.23. The molecule has 0 spiro atoms. The quantitative estimate of drug-likeness (QED) is 0.620. The van der Waals surface area contributed by atoms with E-state index in [1.165, 1.54) is 7.11 Å². The summed E-state index contributed by atoms with van der Waals surface area (Å²) in [5.74, 6) is 1.27. The molecule has 0 fully saturated rings. The summed E-state index contributed by atoms with van der Waals surface area (Å²) in [6.45, 7) is 0. The molecule has 1 aliphatic carbocycles. The fourth-order valence-corrected chi connectivity index (χ4v) is 2.49. The van der Waals surface area contributed by atoms with Crippen LogP contribution in [0.1, 0.15) is 24.0 Å². The molecule has 4 heteroatoms. The molecule has 0 bridgehead atoms. The Hall–Kier alpha value is -1.97. The number of methoxy groups -OCH3 is 3. The second kappa shape index (κ2) is 5.78. The molecule has 0 aromatic heterocycles. The Morgan fingerprint density at radius 3 is 2.42 bits per heavy atom. The van der Waals surface area contributed by atoms with Gasteiger partial charge in [-0.2, -0.15) is 0 Å². The van der Waals surface area contributed by atoms with Crippen molar-refractivity contribution in [1.82, 2.24) is 0 Å². The number of benzene rings is 1. The molecule has 19 heavy (non-hydrogen) atoms. The monoisotopic (exact) mass is 262 g/mol. The van der Waals surface area contributed by atoms with Gasteiger partial charge in [-0.3, -0.25) is 0 Å². The summed E-state index contributed by atoms with van der Waals surface area (Å²) in [6.07, 6.45) is 4.29. The predicted molar refractivity (Wildman–Crippen MR) is 72.5 cm³/mol. The van der Waals surface area contributed by atoms with Gasteiger partial charge in [-0.05, 0) is 37.0 Å². The highest BCUT2D eigenvalue weighted by molar-refractivity contribution is 5.93. The third-order valence-corrected chi connectivity index (χ3v) is 3.36. The van der Waals surface area contributed by atoms with Crippen LogP contribution >= 0.6 is 0 Å². The van der Waals surface area contributed by atoms with Crippen molar-refractivity contribution in [3.05, 3.63) is 29.3 Å². The molecule has 4 nitrogen and oxygen atoms in total. The van der Waals surface area contributed by atoms with Crippen LogP contribution in [0, 0.1) is 0 Å². The smallest absolute Gasteiger partial charge is 0.330 e. The highest BCUT2D eigenvalue weighted by Crippen LogP contribution is 2.41. The third kappa shape index (κ3) is 2.57. The Bertz CT molecular complexity index is 517. The van der Waals surface area contributed by atoms with E-state index < -0.39 is 0 Å². The third-order valence-electron chi connectivity index (χ3n) is 3.36. The SMILES string of the molecule is COC(=O)/C=C1/CCCc2c(OC)ccc(OC)c21. The summed E-state index contributed by atoms with van der Waals surface area (Å²) in [7, 11) is 4.67. The zero-order valence-corrected chi connectivity index (χ0v) is 11.5. The number of esters is 1. The molecule has 2 rings (SSSR count). The molecule has 1 aromatic rings. The number of ether oxygens (including phenoxy) is 3. The van der Waals surface area contributed by atoms with Crippen molar-refractivity contribution in [3.63, 3.8) is 0 Å².